The van der Waals surface area contributed by atoms with E-state index in [1.54, 1.807) is 0 Å². The summed E-state index contributed by atoms with van der Waals surface area (Å²) in [5.74, 6) is 2.45. The molecule has 0 aliphatic carbocycles. The van der Waals surface area contributed by atoms with Crippen LogP contribution < -0.4 is 14.2 Å². The Labute approximate surface area is 214 Å². The Morgan fingerprint density at radius 2 is 0.750 bits per heavy atom. The highest BCUT2D eigenvalue weighted by Gasteiger charge is 2.10. The van der Waals surface area contributed by atoms with Crippen molar-refractivity contribution in [3.8, 4) is 17.2 Å². The van der Waals surface area contributed by atoms with E-state index in [4.69, 9.17) is 28.4 Å². The summed E-state index contributed by atoms with van der Waals surface area (Å²) < 4.78 is 35.7. The van der Waals surface area contributed by atoms with Gasteiger partial charge < -0.3 is 28.4 Å². The van der Waals surface area contributed by atoms with Crippen LogP contribution in [-0.4, -0.2) is 39.6 Å². The Bertz CT molecular complexity index is 955. The zero-order valence-corrected chi connectivity index (χ0v) is 20.9. The number of hydrogen-bond acceptors (Lipinski definition) is 6. The maximum Gasteiger partial charge on any atom is 0.126 e. The molecular weight excluding hydrogens is 456 g/mol. The van der Waals surface area contributed by atoms with Gasteiger partial charge in [-0.3, -0.25) is 0 Å². The molecule has 0 bridgehead atoms. The van der Waals surface area contributed by atoms with Crippen LogP contribution in [0.2, 0.25) is 0 Å². The van der Waals surface area contributed by atoms with Gasteiger partial charge in [0.15, 0.2) is 0 Å². The second kappa shape index (κ2) is 15.1. The zero-order chi connectivity index (χ0) is 24.7. The predicted octanol–water partition coefficient (Wildman–Crippen LogP) is 5.96. The van der Waals surface area contributed by atoms with Gasteiger partial charge in [-0.1, -0.05) is 54.6 Å². The number of para-hydroxylation sites is 3. The molecule has 0 radical (unpaired) electrons. The molecule has 0 aromatic heterocycles. The van der Waals surface area contributed by atoms with E-state index >= 15 is 0 Å². The van der Waals surface area contributed by atoms with E-state index in [9.17, 15) is 0 Å². The molecular formula is C30H36O6. The van der Waals surface area contributed by atoms with E-state index in [2.05, 4.69) is 0 Å². The highest BCUT2D eigenvalue weighted by Crippen LogP contribution is 2.26. The van der Waals surface area contributed by atoms with Crippen molar-refractivity contribution in [2.75, 3.05) is 39.6 Å². The van der Waals surface area contributed by atoms with Gasteiger partial charge in [-0.15, -0.1) is 0 Å². The van der Waals surface area contributed by atoms with E-state index in [0.717, 1.165) is 53.2 Å². The third-order valence-electron chi connectivity index (χ3n) is 5.79. The molecule has 1 heterocycles. The minimum Gasteiger partial charge on any atom is -0.493 e. The first kappa shape index (κ1) is 26.0. The van der Waals surface area contributed by atoms with Crippen LogP contribution in [0.4, 0.5) is 0 Å². The molecule has 3 aromatic rings. The lowest BCUT2D eigenvalue weighted by molar-refractivity contribution is 0.0571. The molecule has 1 aliphatic heterocycles. The molecule has 0 saturated heterocycles. The van der Waals surface area contributed by atoms with Gasteiger partial charge in [0, 0.05) is 56.1 Å². The SMILES string of the molecule is c1ccc2c(c1)COCCCOCCCOCCCOc1ccccc1COc1ccccc1CO2. The van der Waals surface area contributed by atoms with Crippen molar-refractivity contribution >= 4 is 0 Å². The predicted molar refractivity (Wildman–Crippen MR) is 139 cm³/mol. The van der Waals surface area contributed by atoms with Crippen molar-refractivity contribution in [1.82, 2.24) is 0 Å². The maximum atomic E-state index is 6.22. The standard InChI is InChI=1S/C30H36O6/c1-5-14-29-25(10-1)22-33-20-8-18-31-16-7-17-32-19-9-21-34-28-13-4-2-11-26(28)23-36-30-15-6-3-12-27(30)24-35-29/h1-6,10-15H,7-9,16-24H2. The van der Waals surface area contributed by atoms with Gasteiger partial charge in [0.2, 0.25) is 0 Å². The van der Waals surface area contributed by atoms with Gasteiger partial charge in [-0.2, -0.15) is 0 Å². The fourth-order valence-corrected chi connectivity index (χ4v) is 3.86. The summed E-state index contributed by atoms with van der Waals surface area (Å²) in [5.41, 5.74) is 3.01. The summed E-state index contributed by atoms with van der Waals surface area (Å²) in [4.78, 5) is 0. The number of fused-ring (bicyclic) bond motifs is 3. The molecule has 0 amide bonds. The van der Waals surface area contributed by atoms with Crippen LogP contribution in [0, 0.1) is 0 Å². The van der Waals surface area contributed by atoms with Crippen molar-refractivity contribution < 1.29 is 28.4 Å². The average Bonchev–Trinajstić information content (AvgIpc) is 2.92. The second-order valence-corrected chi connectivity index (χ2v) is 8.59. The normalized spacial score (nSPS) is 17.0. The average molecular weight is 493 g/mol. The lowest BCUT2D eigenvalue weighted by atomic mass is 10.2. The third kappa shape index (κ3) is 8.55. The molecule has 0 spiro atoms. The largest absolute Gasteiger partial charge is 0.493 e. The summed E-state index contributed by atoms with van der Waals surface area (Å²) in [5, 5.41) is 0. The van der Waals surface area contributed by atoms with Gasteiger partial charge in [-0.25, -0.2) is 0 Å². The van der Waals surface area contributed by atoms with Crippen molar-refractivity contribution in [3.63, 3.8) is 0 Å². The van der Waals surface area contributed by atoms with E-state index in [1.807, 2.05) is 72.8 Å². The lowest BCUT2D eigenvalue weighted by Crippen LogP contribution is -2.08. The minimum absolute atomic E-state index is 0.402. The smallest absolute Gasteiger partial charge is 0.126 e. The van der Waals surface area contributed by atoms with Crippen LogP contribution in [0.5, 0.6) is 17.2 Å². The Balaban J connectivity index is 1.43. The minimum atomic E-state index is 0.402. The quantitative estimate of drug-likeness (QED) is 0.386. The van der Waals surface area contributed by atoms with Gasteiger partial charge in [0.05, 0.1) is 13.2 Å². The van der Waals surface area contributed by atoms with Crippen LogP contribution in [0.25, 0.3) is 0 Å². The lowest BCUT2D eigenvalue weighted by Gasteiger charge is -2.16. The summed E-state index contributed by atoms with van der Waals surface area (Å²) in [6, 6.07) is 24.0. The van der Waals surface area contributed by atoms with E-state index in [-0.39, 0.29) is 0 Å². The monoisotopic (exact) mass is 492 g/mol. The van der Waals surface area contributed by atoms with Crippen molar-refractivity contribution in [3.05, 3.63) is 89.5 Å². The number of rotatable bonds is 0. The third-order valence-corrected chi connectivity index (χ3v) is 5.79. The first-order valence-electron chi connectivity index (χ1n) is 12.8. The molecule has 3 aromatic carbocycles. The van der Waals surface area contributed by atoms with Crippen molar-refractivity contribution in [1.29, 1.82) is 0 Å². The van der Waals surface area contributed by atoms with E-state index in [1.165, 1.54) is 0 Å². The van der Waals surface area contributed by atoms with Crippen LogP contribution in [0.1, 0.15) is 36.0 Å². The highest BCUT2D eigenvalue weighted by molar-refractivity contribution is 5.37. The summed E-state index contributed by atoms with van der Waals surface area (Å²) in [6.45, 7) is 5.29. The molecule has 6 heteroatoms. The van der Waals surface area contributed by atoms with Crippen LogP contribution in [0.15, 0.2) is 72.8 Å². The molecule has 0 fully saturated rings. The molecule has 1 aliphatic rings. The van der Waals surface area contributed by atoms with E-state index in [0.29, 0.717) is 59.5 Å². The van der Waals surface area contributed by atoms with E-state index < -0.39 is 0 Å². The molecule has 36 heavy (non-hydrogen) atoms. The maximum absolute atomic E-state index is 6.22. The van der Waals surface area contributed by atoms with Gasteiger partial charge in [0.25, 0.3) is 0 Å². The molecule has 192 valence electrons. The van der Waals surface area contributed by atoms with Crippen molar-refractivity contribution in [2.24, 2.45) is 0 Å². The molecule has 6 nitrogen and oxygen atoms in total. The first-order valence-corrected chi connectivity index (χ1v) is 12.8. The van der Waals surface area contributed by atoms with Crippen LogP contribution in [0.3, 0.4) is 0 Å². The summed E-state index contributed by atoms with van der Waals surface area (Å²) >= 11 is 0. The van der Waals surface area contributed by atoms with Gasteiger partial charge in [0.1, 0.15) is 30.5 Å². The van der Waals surface area contributed by atoms with Gasteiger partial charge in [-0.05, 0) is 31.0 Å². The Hall–Kier alpha value is -3.06. The molecule has 0 unspecified atom stereocenters. The second-order valence-electron chi connectivity index (χ2n) is 8.59. The van der Waals surface area contributed by atoms with Crippen LogP contribution >= 0.6 is 0 Å². The Kier molecular flexibility index (Phi) is 10.9. The first-order chi connectivity index (χ1) is 17.9. The zero-order valence-electron chi connectivity index (χ0n) is 20.9. The number of benzene rings is 3. The molecule has 0 N–H and O–H groups in total. The summed E-state index contributed by atoms with van der Waals surface area (Å²) in [7, 11) is 0. The fraction of sp³-hybridized carbons (Fsp3) is 0.400. The topological polar surface area (TPSA) is 55.4 Å². The van der Waals surface area contributed by atoms with Gasteiger partial charge >= 0.3 is 0 Å². The molecule has 4 rings (SSSR count). The molecule has 0 atom stereocenters. The summed E-state index contributed by atoms with van der Waals surface area (Å²) in [6.07, 6.45) is 2.57. The number of ether oxygens (including phenoxy) is 6. The fourth-order valence-electron chi connectivity index (χ4n) is 3.86. The highest BCUT2D eigenvalue weighted by atomic mass is 16.5. The van der Waals surface area contributed by atoms with Crippen molar-refractivity contribution in [2.45, 2.75) is 39.1 Å². The Morgan fingerprint density at radius 3 is 1.28 bits per heavy atom. The van der Waals surface area contributed by atoms with Crippen LogP contribution in [-0.2, 0) is 34.0 Å². The number of hydrogen-bond donors (Lipinski definition) is 0. The Morgan fingerprint density at radius 1 is 0.361 bits per heavy atom. The molecule has 0 saturated carbocycles.